The van der Waals surface area contributed by atoms with Gasteiger partial charge in [0, 0.05) is 45.3 Å². The maximum absolute atomic E-state index is 14.6. The molecule has 7 heteroatoms. The molecule has 0 saturated carbocycles. The van der Waals surface area contributed by atoms with Crippen molar-refractivity contribution < 1.29 is 0 Å². The smallest absolute Gasteiger partial charge is 0.308 e. The van der Waals surface area contributed by atoms with Gasteiger partial charge in [-0.15, -0.1) is 0 Å². The summed E-state index contributed by atoms with van der Waals surface area (Å²) in [6.07, 6.45) is 7.47. The van der Waals surface area contributed by atoms with Crippen LogP contribution < -0.4 is 5.69 Å². The first-order valence-electron chi connectivity index (χ1n) is 15.9. The fourth-order valence-electron chi connectivity index (χ4n) is 7.38. The van der Waals surface area contributed by atoms with Gasteiger partial charge in [-0.3, -0.25) is 19.1 Å². The van der Waals surface area contributed by atoms with E-state index in [-0.39, 0.29) is 5.69 Å². The van der Waals surface area contributed by atoms with Crippen molar-refractivity contribution in [2.24, 2.45) is 0 Å². The minimum atomic E-state index is -0.140. The van der Waals surface area contributed by atoms with Gasteiger partial charge in [-0.25, -0.2) is 4.79 Å². The molecule has 0 unspecified atom stereocenters. The Labute approximate surface area is 273 Å². The van der Waals surface area contributed by atoms with Gasteiger partial charge < -0.3 is 9.13 Å². The molecule has 0 aliphatic rings. The van der Waals surface area contributed by atoms with Crippen molar-refractivity contribution >= 4 is 54.6 Å². The molecule has 0 atom stereocenters. The third-order valence-electron chi connectivity index (χ3n) is 9.39. The zero-order valence-corrected chi connectivity index (χ0v) is 25.6. The second-order valence-electron chi connectivity index (χ2n) is 12.0. The van der Waals surface area contributed by atoms with Gasteiger partial charge in [0.05, 0.1) is 56.9 Å². The molecule has 5 heterocycles. The van der Waals surface area contributed by atoms with Crippen LogP contribution in [0.3, 0.4) is 0 Å². The predicted octanol–water partition coefficient (Wildman–Crippen LogP) is 8.77. The Morgan fingerprint density at radius 1 is 0.354 bits per heavy atom. The predicted molar refractivity (Wildman–Crippen MR) is 193 cm³/mol. The van der Waals surface area contributed by atoms with Crippen LogP contribution in [0.4, 0.5) is 0 Å². The molecule has 10 aromatic rings. The molecule has 0 radical (unpaired) electrons. The van der Waals surface area contributed by atoms with Crippen LogP contribution in [0, 0.1) is 0 Å². The second-order valence-corrected chi connectivity index (χ2v) is 12.0. The first-order valence-corrected chi connectivity index (χ1v) is 15.9. The Balaban J connectivity index is 1.18. The molecular weight excluding hydrogens is 592 g/mol. The van der Waals surface area contributed by atoms with Gasteiger partial charge in [-0.2, -0.15) is 0 Å². The van der Waals surface area contributed by atoms with E-state index in [1.165, 1.54) is 0 Å². The molecule has 0 aliphatic heterocycles. The van der Waals surface area contributed by atoms with E-state index in [0.29, 0.717) is 0 Å². The maximum Gasteiger partial charge on any atom is 0.338 e. The topological polar surface area (TPSA) is 62.6 Å². The number of pyridine rings is 2. The Morgan fingerprint density at radius 2 is 0.729 bits per heavy atom. The lowest BCUT2D eigenvalue weighted by atomic mass is 10.2. The van der Waals surface area contributed by atoms with Crippen LogP contribution in [-0.4, -0.2) is 28.2 Å². The lowest BCUT2D eigenvalue weighted by molar-refractivity contribution is 0.927. The molecule has 0 spiro atoms. The van der Waals surface area contributed by atoms with Crippen molar-refractivity contribution in [2.45, 2.75) is 0 Å². The summed E-state index contributed by atoms with van der Waals surface area (Å²) < 4.78 is 8.05. The molecule has 5 aromatic carbocycles. The van der Waals surface area contributed by atoms with Gasteiger partial charge in [-0.1, -0.05) is 60.7 Å². The molecule has 0 amide bonds. The number of fused-ring (bicyclic) bond motifs is 7. The highest BCUT2D eigenvalue weighted by molar-refractivity contribution is 6.09. The molecule has 0 bridgehead atoms. The molecule has 0 aliphatic carbocycles. The van der Waals surface area contributed by atoms with Crippen molar-refractivity contribution in [1.29, 1.82) is 0 Å². The van der Waals surface area contributed by atoms with Gasteiger partial charge in [0.15, 0.2) is 0 Å². The lowest BCUT2D eigenvalue weighted by Crippen LogP contribution is -2.22. The van der Waals surface area contributed by atoms with Crippen molar-refractivity contribution in [3.63, 3.8) is 0 Å². The number of rotatable bonds is 4. The van der Waals surface area contributed by atoms with Crippen LogP contribution in [0.1, 0.15) is 0 Å². The zero-order valence-electron chi connectivity index (χ0n) is 25.6. The zero-order chi connectivity index (χ0) is 31.8. The molecule has 0 saturated heterocycles. The van der Waals surface area contributed by atoms with E-state index in [2.05, 4.69) is 104 Å². The molecule has 7 nitrogen and oxygen atoms in total. The van der Waals surface area contributed by atoms with E-state index < -0.39 is 0 Å². The summed E-state index contributed by atoms with van der Waals surface area (Å²) in [6, 6.07) is 45.2. The van der Waals surface area contributed by atoms with E-state index in [9.17, 15) is 4.79 Å². The summed E-state index contributed by atoms with van der Waals surface area (Å²) in [6.45, 7) is 0. The summed E-state index contributed by atoms with van der Waals surface area (Å²) >= 11 is 0. The Hall–Kier alpha value is -6.73. The number of hydrogen-bond acceptors (Lipinski definition) is 3. The van der Waals surface area contributed by atoms with Crippen molar-refractivity contribution in [2.75, 3.05) is 0 Å². The first-order chi connectivity index (χ1) is 23.8. The Bertz CT molecular complexity index is 2640. The van der Waals surface area contributed by atoms with E-state index in [0.717, 1.165) is 77.4 Å². The normalized spacial score (nSPS) is 11.8. The van der Waals surface area contributed by atoms with Gasteiger partial charge >= 0.3 is 5.69 Å². The lowest BCUT2D eigenvalue weighted by Gasteiger charge is -2.11. The number of nitrogens with zero attached hydrogens (tertiary/aromatic N) is 6. The van der Waals surface area contributed by atoms with Crippen LogP contribution in [-0.2, 0) is 0 Å². The summed E-state index contributed by atoms with van der Waals surface area (Å²) in [5, 5.41) is 4.60. The minimum absolute atomic E-state index is 0.140. The summed E-state index contributed by atoms with van der Waals surface area (Å²) in [5.41, 5.74) is 9.20. The van der Waals surface area contributed by atoms with E-state index in [4.69, 9.17) is 0 Å². The average molecular weight is 619 g/mol. The van der Waals surface area contributed by atoms with Crippen molar-refractivity contribution in [3.05, 3.63) is 169 Å². The number of aromatic nitrogens is 6. The molecule has 226 valence electrons. The quantitative estimate of drug-likeness (QED) is 0.198. The summed E-state index contributed by atoms with van der Waals surface area (Å²) in [5.74, 6) is 0. The highest BCUT2D eigenvalue weighted by atomic mass is 16.1. The van der Waals surface area contributed by atoms with Gasteiger partial charge in [0.25, 0.3) is 0 Å². The number of para-hydroxylation sites is 4. The average Bonchev–Trinajstić information content (AvgIpc) is 3.77. The SMILES string of the molecule is O=c1n(-c2cccc(-n3c4ccccc4c4ccncc43)c2)c2ccccc2n1-c1cccc(-n2c3ccccc3c3ccncc32)c1. The van der Waals surface area contributed by atoms with Gasteiger partial charge in [-0.05, 0) is 72.8 Å². The van der Waals surface area contributed by atoms with Crippen LogP contribution in [0.15, 0.2) is 163 Å². The van der Waals surface area contributed by atoms with E-state index in [1.807, 2.05) is 82.5 Å². The standard InChI is InChI=1S/C41H26N6O/c48-41-46(29-11-7-9-27(23-29)44-35-15-3-1-13-31(35)33-19-21-42-25-39(33)44)37-17-5-6-18-38(37)47(41)30-12-8-10-28(24-30)45-36-16-4-2-14-32(36)34-20-22-43-26-40(34)45/h1-26H. The Kier molecular flexibility index (Phi) is 5.59. The fourth-order valence-corrected chi connectivity index (χ4v) is 7.38. The highest BCUT2D eigenvalue weighted by Gasteiger charge is 2.19. The van der Waals surface area contributed by atoms with Gasteiger partial charge in [0.2, 0.25) is 0 Å². The summed E-state index contributed by atoms with van der Waals surface area (Å²) in [4.78, 5) is 23.5. The van der Waals surface area contributed by atoms with Crippen LogP contribution in [0.2, 0.25) is 0 Å². The summed E-state index contributed by atoms with van der Waals surface area (Å²) in [7, 11) is 0. The first kappa shape index (κ1) is 26.5. The van der Waals surface area contributed by atoms with Crippen LogP contribution in [0.5, 0.6) is 0 Å². The maximum atomic E-state index is 14.6. The minimum Gasteiger partial charge on any atom is -0.308 e. The number of hydrogen-bond donors (Lipinski definition) is 0. The van der Waals surface area contributed by atoms with Crippen molar-refractivity contribution in [3.8, 4) is 22.7 Å². The monoisotopic (exact) mass is 618 g/mol. The molecule has 10 rings (SSSR count). The molecule has 0 N–H and O–H groups in total. The van der Waals surface area contributed by atoms with E-state index in [1.54, 1.807) is 0 Å². The molecular formula is C41H26N6O. The van der Waals surface area contributed by atoms with E-state index >= 15 is 0 Å². The third kappa shape index (κ3) is 3.72. The van der Waals surface area contributed by atoms with Crippen LogP contribution >= 0.6 is 0 Å². The number of imidazole rings is 1. The molecule has 5 aromatic heterocycles. The number of benzene rings is 5. The van der Waals surface area contributed by atoms with Crippen LogP contribution in [0.25, 0.3) is 77.4 Å². The second kappa shape index (κ2) is 10.1. The largest absolute Gasteiger partial charge is 0.338 e. The highest BCUT2D eigenvalue weighted by Crippen LogP contribution is 2.34. The van der Waals surface area contributed by atoms with Crippen molar-refractivity contribution in [1.82, 2.24) is 28.2 Å². The molecule has 0 fully saturated rings. The fraction of sp³-hybridized carbons (Fsp3) is 0. The van der Waals surface area contributed by atoms with Gasteiger partial charge in [0.1, 0.15) is 0 Å². The Morgan fingerprint density at radius 3 is 1.19 bits per heavy atom. The third-order valence-corrected chi connectivity index (χ3v) is 9.39. The molecule has 48 heavy (non-hydrogen) atoms.